The molecular formula is C24H21BrN2O2S. The van der Waals surface area contributed by atoms with Crippen molar-refractivity contribution < 1.29 is 9.59 Å². The Morgan fingerprint density at radius 1 is 1.00 bits per heavy atom. The summed E-state index contributed by atoms with van der Waals surface area (Å²) in [6.07, 6.45) is 0.829. The van der Waals surface area contributed by atoms with E-state index in [1.807, 2.05) is 71.6 Å². The Bertz CT molecular complexity index is 1040. The van der Waals surface area contributed by atoms with Gasteiger partial charge in [-0.15, -0.1) is 11.8 Å². The fraction of sp³-hybridized carbons (Fsp3) is 0.167. The molecule has 0 spiro atoms. The number of halogens is 1. The fourth-order valence-corrected chi connectivity index (χ4v) is 5.03. The van der Waals surface area contributed by atoms with Gasteiger partial charge < -0.3 is 10.2 Å². The summed E-state index contributed by atoms with van der Waals surface area (Å²) in [5.41, 5.74) is 3.58. The van der Waals surface area contributed by atoms with Gasteiger partial charge in [-0.3, -0.25) is 9.59 Å². The molecule has 6 heteroatoms. The molecule has 152 valence electrons. The SMILES string of the molecule is O=C(Nc1ccccc1Br)c1ccc([C@@H]2SCC(=O)N2CCc2ccccc2)cc1. The van der Waals surface area contributed by atoms with Crippen LogP contribution in [0.4, 0.5) is 5.69 Å². The normalized spacial score (nSPS) is 16.0. The van der Waals surface area contributed by atoms with Crippen LogP contribution in [0.2, 0.25) is 0 Å². The first-order valence-corrected chi connectivity index (χ1v) is 11.6. The number of carbonyl (C=O) groups is 2. The van der Waals surface area contributed by atoms with Gasteiger partial charge in [0.25, 0.3) is 5.91 Å². The third kappa shape index (κ3) is 4.77. The van der Waals surface area contributed by atoms with Gasteiger partial charge in [-0.25, -0.2) is 0 Å². The topological polar surface area (TPSA) is 49.4 Å². The number of nitrogens with one attached hydrogen (secondary N) is 1. The Morgan fingerprint density at radius 3 is 2.43 bits per heavy atom. The highest BCUT2D eigenvalue weighted by Crippen LogP contribution is 2.38. The largest absolute Gasteiger partial charge is 0.326 e. The molecule has 3 aromatic rings. The number of nitrogens with zero attached hydrogens (tertiary/aromatic N) is 1. The van der Waals surface area contributed by atoms with Gasteiger partial charge in [0.05, 0.1) is 11.4 Å². The highest BCUT2D eigenvalue weighted by Gasteiger charge is 2.32. The molecule has 4 nitrogen and oxygen atoms in total. The molecule has 3 aromatic carbocycles. The number of hydrogen-bond donors (Lipinski definition) is 1. The van der Waals surface area contributed by atoms with Gasteiger partial charge in [-0.1, -0.05) is 54.6 Å². The van der Waals surface area contributed by atoms with Crippen molar-refractivity contribution in [1.29, 1.82) is 0 Å². The molecule has 4 rings (SSSR count). The Morgan fingerprint density at radius 2 is 1.70 bits per heavy atom. The molecule has 1 fully saturated rings. The maximum absolute atomic E-state index is 12.6. The molecule has 2 amide bonds. The zero-order valence-electron chi connectivity index (χ0n) is 16.3. The molecule has 0 aliphatic carbocycles. The molecule has 1 heterocycles. The van der Waals surface area contributed by atoms with Crippen LogP contribution in [0.5, 0.6) is 0 Å². The zero-order chi connectivity index (χ0) is 20.9. The smallest absolute Gasteiger partial charge is 0.255 e. The molecule has 0 saturated carbocycles. The van der Waals surface area contributed by atoms with Crippen LogP contribution >= 0.6 is 27.7 Å². The van der Waals surface area contributed by atoms with Crippen molar-refractivity contribution in [3.05, 3.63) is 100 Å². The molecule has 0 bridgehead atoms. The van der Waals surface area contributed by atoms with Gasteiger partial charge in [-0.2, -0.15) is 0 Å². The van der Waals surface area contributed by atoms with Crippen LogP contribution in [0.3, 0.4) is 0 Å². The number of anilines is 1. The second kappa shape index (κ2) is 9.49. The number of amides is 2. The van der Waals surface area contributed by atoms with Gasteiger partial charge in [0.1, 0.15) is 5.37 Å². The monoisotopic (exact) mass is 480 g/mol. The molecule has 0 radical (unpaired) electrons. The minimum absolute atomic E-state index is 0.0124. The highest BCUT2D eigenvalue weighted by molar-refractivity contribution is 9.10. The van der Waals surface area contributed by atoms with Crippen molar-refractivity contribution in [3.63, 3.8) is 0 Å². The van der Waals surface area contributed by atoms with E-state index in [0.29, 0.717) is 17.9 Å². The van der Waals surface area contributed by atoms with Crippen molar-refractivity contribution >= 4 is 45.2 Å². The summed E-state index contributed by atoms with van der Waals surface area (Å²) in [4.78, 5) is 26.9. The van der Waals surface area contributed by atoms with E-state index in [0.717, 1.165) is 22.1 Å². The second-order valence-corrected chi connectivity index (χ2v) is 8.96. The van der Waals surface area contributed by atoms with E-state index in [1.54, 1.807) is 11.8 Å². The number of hydrogen-bond acceptors (Lipinski definition) is 3. The lowest BCUT2D eigenvalue weighted by molar-refractivity contribution is -0.128. The van der Waals surface area contributed by atoms with Crippen LogP contribution in [0.1, 0.15) is 26.9 Å². The Hall–Kier alpha value is -2.57. The Labute approximate surface area is 188 Å². The molecule has 0 unspecified atom stereocenters. The minimum Gasteiger partial charge on any atom is -0.326 e. The quantitative estimate of drug-likeness (QED) is 0.505. The average molecular weight is 481 g/mol. The lowest BCUT2D eigenvalue weighted by Crippen LogP contribution is -2.30. The van der Waals surface area contributed by atoms with Crippen molar-refractivity contribution in [2.45, 2.75) is 11.8 Å². The first kappa shape index (κ1) is 20.7. The van der Waals surface area contributed by atoms with Gasteiger partial charge in [0.15, 0.2) is 0 Å². The van der Waals surface area contributed by atoms with Crippen molar-refractivity contribution in [1.82, 2.24) is 4.90 Å². The lowest BCUT2D eigenvalue weighted by atomic mass is 10.1. The highest BCUT2D eigenvalue weighted by atomic mass is 79.9. The first-order valence-electron chi connectivity index (χ1n) is 9.72. The van der Waals surface area contributed by atoms with Crippen LogP contribution in [0.15, 0.2) is 83.3 Å². The molecule has 1 saturated heterocycles. The maximum atomic E-state index is 12.6. The third-order valence-electron chi connectivity index (χ3n) is 5.03. The Kier molecular flexibility index (Phi) is 6.55. The summed E-state index contributed by atoms with van der Waals surface area (Å²) < 4.78 is 0.838. The first-order chi connectivity index (χ1) is 14.6. The van der Waals surface area contributed by atoms with Crippen LogP contribution < -0.4 is 5.32 Å². The summed E-state index contributed by atoms with van der Waals surface area (Å²) in [5, 5.41) is 2.90. The minimum atomic E-state index is -0.162. The standard InChI is InChI=1S/C24H21BrN2O2S/c25-20-8-4-5-9-21(20)26-23(29)18-10-12-19(13-11-18)24-27(22(28)16-30-24)15-14-17-6-2-1-3-7-17/h1-13,24H,14-16H2,(H,26,29)/t24-/m0/s1. The van der Waals surface area contributed by atoms with Crippen LogP contribution in [0, 0.1) is 0 Å². The van der Waals surface area contributed by atoms with E-state index in [9.17, 15) is 9.59 Å². The predicted octanol–water partition coefficient (Wildman–Crippen LogP) is 5.52. The van der Waals surface area contributed by atoms with Crippen molar-refractivity contribution in [2.24, 2.45) is 0 Å². The summed E-state index contributed by atoms with van der Waals surface area (Å²) >= 11 is 5.08. The van der Waals surface area contributed by atoms with E-state index < -0.39 is 0 Å². The number of thioether (sulfide) groups is 1. The second-order valence-electron chi connectivity index (χ2n) is 7.04. The Balaban J connectivity index is 1.44. The predicted molar refractivity (Wildman–Crippen MR) is 126 cm³/mol. The molecule has 0 aromatic heterocycles. The van der Waals surface area contributed by atoms with Gasteiger partial charge in [0, 0.05) is 16.6 Å². The summed E-state index contributed by atoms with van der Waals surface area (Å²) in [5.74, 6) is 0.491. The molecule has 30 heavy (non-hydrogen) atoms. The molecule has 1 aliphatic heterocycles. The fourth-order valence-electron chi connectivity index (χ4n) is 3.42. The maximum Gasteiger partial charge on any atom is 0.255 e. The van der Waals surface area contributed by atoms with Gasteiger partial charge in [0.2, 0.25) is 5.91 Å². The van der Waals surface area contributed by atoms with E-state index >= 15 is 0 Å². The van der Waals surface area contributed by atoms with Crippen molar-refractivity contribution in [3.8, 4) is 0 Å². The van der Waals surface area contributed by atoms with Gasteiger partial charge in [-0.05, 0) is 57.7 Å². The summed E-state index contributed by atoms with van der Waals surface area (Å²) in [6.45, 7) is 0.685. The van der Waals surface area contributed by atoms with Crippen molar-refractivity contribution in [2.75, 3.05) is 17.6 Å². The van der Waals surface area contributed by atoms with Crippen LogP contribution in [0.25, 0.3) is 0 Å². The van der Waals surface area contributed by atoms with E-state index in [-0.39, 0.29) is 17.2 Å². The van der Waals surface area contributed by atoms with E-state index in [4.69, 9.17) is 0 Å². The molecule has 1 aliphatic rings. The summed E-state index contributed by atoms with van der Waals surface area (Å²) in [7, 11) is 0. The van der Waals surface area contributed by atoms with Crippen LogP contribution in [-0.4, -0.2) is 29.0 Å². The third-order valence-corrected chi connectivity index (χ3v) is 6.98. The summed E-state index contributed by atoms with van der Waals surface area (Å²) in [6, 6.07) is 25.2. The number of carbonyl (C=O) groups excluding carboxylic acids is 2. The van der Waals surface area contributed by atoms with E-state index in [1.165, 1.54) is 5.56 Å². The molecule has 1 N–H and O–H groups in total. The molecule has 1 atom stereocenters. The molecular weight excluding hydrogens is 460 g/mol. The lowest BCUT2D eigenvalue weighted by Gasteiger charge is -2.24. The number of benzene rings is 3. The average Bonchev–Trinajstić information content (AvgIpc) is 3.15. The number of para-hydroxylation sites is 1. The zero-order valence-corrected chi connectivity index (χ0v) is 18.7. The van der Waals surface area contributed by atoms with Gasteiger partial charge >= 0.3 is 0 Å². The van der Waals surface area contributed by atoms with E-state index in [2.05, 4.69) is 33.4 Å². The van der Waals surface area contributed by atoms with Crippen LogP contribution in [-0.2, 0) is 11.2 Å². The number of rotatable bonds is 6.